The van der Waals surface area contributed by atoms with Crippen LogP contribution >= 0.6 is 0 Å². The fourth-order valence-electron chi connectivity index (χ4n) is 2.73. The van der Waals surface area contributed by atoms with Crippen molar-refractivity contribution in [2.24, 2.45) is 17.8 Å². The number of rotatable bonds is 1. The molecule has 0 aromatic carbocycles. The third-order valence-electron chi connectivity index (χ3n) is 4.00. The standard InChI is InChI=1S/C15H21N/c1-11-9-10-13-7-5-4-6-8-14(13)15(16-3)12(11)2/h4-5,7-8,11-13,16H,9-10H2,1-3H3. The van der Waals surface area contributed by atoms with Gasteiger partial charge in [0.25, 0.3) is 0 Å². The Labute approximate surface area is 98.6 Å². The van der Waals surface area contributed by atoms with Gasteiger partial charge in [-0.3, -0.25) is 0 Å². The topological polar surface area (TPSA) is 12.0 Å². The lowest BCUT2D eigenvalue weighted by Gasteiger charge is -2.21. The second-order valence-electron chi connectivity index (χ2n) is 4.93. The molecule has 86 valence electrons. The Morgan fingerprint density at radius 2 is 2.12 bits per heavy atom. The van der Waals surface area contributed by atoms with Gasteiger partial charge in [0.15, 0.2) is 0 Å². The zero-order valence-electron chi connectivity index (χ0n) is 10.5. The summed E-state index contributed by atoms with van der Waals surface area (Å²) >= 11 is 0. The van der Waals surface area contributed by atoms with Gasteiger partial charge in [-0.25, -0.2) is 0 Å². The van der Waals surface area contributed by atoms with Gasteiger partial charge >= 0.3 is 0 Å². The first-order valence-electron chi connectivity index (χ1n) is 6.25. The number of nitrogens with one attached hydrogen (secondary N) is 1. The van der Waals surface area contributed by atoms with Gasteiger partial charge in [-0.05, 0) is 42.4 Å². The Morgan fingerprint density at radius 1 is 1.31 bits per heavy atom. The van der Waals surface area contributed by atoms with Crippen LogP contribution < -0.4 is 5.32 Å². The first-order valence-corrected chi connectivity index (χ1v) is 6.25. The predicted molar refractivity (Wildman–Crippen MR) is 68.9 cm³/mol. The van der Waals surface area contributed by atoms with Crippen molar-refractivity contribution in [1.29, 1.82) is 0 Å². The van der Waals surface area contributed by atoms with Crippen molar-refractivity contribution in [3.8, 4) is 0 Å². The van der Waals surface area contributed by atoms with Crippen molar-refractivity contribution in [3.05, 3.63) is 41.3 Å². The molecule has 0 aromatic heterocycles. The zero-order valence-corrected chi connectivity index (χ0v) is 10.5. The monoisotopic (exact) mass is 215 g/mol. The Kier molecular flexibility index (Phi) is 3.36. The third kappa shape index (κ3) is 2.01. The van der Waals surface area contributed by atoms with Crippen LogP contribution in [0.25, 0.3) is 0 Å². The average Bonchev–Trinajstić information content (AvgIpc) is 2.56. The van der Waals surface area contributed by atoms with E-state index in [1.54, 1.807) is 0 Å². The van der Waals surface area contributed by atoms with Gasteiger partial charge in [-0.15, -0.1) is 5.73 Å². The highest BCUT2D eigenvalue weighted by Gasteiger charge is 2.26. The summed E-state index contributed by atoms with van der Waals surface area (Å²) in [5.41, 5.74) is 6.08. The fraction of sp³-hybridized carbons (Fsp3) is 0.533. The molecule has 0 amide bonds. The summed E-state index contributed by atoms with van der Waals surface area (Å²) in [6.07, 6.45) is 11.2. The van der Waals surface area contributed by atoms with Gasteiger partial charge in [0, 0.05) is 18.7 Å². The van der Waals surface area contributed by atoms with Gasteiger partial charge in [-0.1, -0.05) is 26.0 Å². The summed E-state index contributed by atoms with van der Waals surface area (Å²) in [7, 11) is 2.04. The summed E-state index contributed by atoms with van der Waals surface area (Å²) in [6.45, 7) is 4.69. The molecule has 0 aliphatic heterocycles. The second kappa shape index (κ2) is 4.76. The van der Waals surface area contributed by atoms with Crippen LogP contribution in [0.5, 0.6) is 0 Å². The van der Waals surface area contributed by atoms with E-state index in [4.69, 9.17) is 0 Å². The number of hydrogen-bond donors (Lipinski definition) is 1. The third-order valence-corrected chi connectivity index (χ3v) is 4.00. The average molecular weight is 215 g/mol. The summed E-state index contributed by atoms with van der Waals surface area (Å²) < 4.78 is 0. The van der Waals surface area contributed by atoms with E-state index in [2.05, 4.69) is 43.1 Å². The maximum absolute atomic E-state index is 3.41. The van der Waals surface area contributed by atoms with E-state index in [-0.39, 0.29) is 0 Å². The van der Waals surface area contributed by atoms with Crippen LogP contribution in [-0.2, 0) is 0 Å². The fourth-order valence-corrected chi connectivity index (χ4v) is 2.73. The molecule has 2 rings (SSSR count). The highest BCUT2D eigenvalue weighted by atomic mass is 14.8. The van der Waals surface area contributed by atoms with Crippen LogP contribution in [0, 0.1) is 17.8 Å². The zero-order chi connectivity index (χ0) is 11.5. The molecule has 2 aliphatic carbocycles. The lowest BCUT2D eigenvalue weighted by atomic mass is 9.90. The minimum atomic E-state index is 0.570. The molecule has 0 saturated carbocycles. The minimum Gasteiger partial charge on any atom is -0.391 e. The van der Waals surface area contributed by atoms with Crippen LogP contribution in [0.3, 0.4) is 0 Å². The van der Waals surface area contributed by atoms with E-state index in [0.717, 1.165) is 5.92 Å². The summed E-state index contributed by atoms with van der Waals surface area (Å²) in [5.74, 6) is 1.95. The molecule has 0 heterocycles. The van der Waals surface area contributed by atoms with E-state index < -0.39 is 0 Å². The molecule has 0 fully saturated rings. The minimum absolute atomic E-state index is 0.570. The molecule has 3 unspecified atom stereocenters. The molecule has 0 radical (unpaired) electrons. The van der Waals surface area contributed by atoms with Crippen molar-refractivity contribution in [2.45, 2.75) is 26.7 Å². The maximum atomic E-state index is 3.41. The lowest BCUT2D eigenvalue weighted by Crippen LogP contribution is -2.20. The molecule has 1 nitrogen and oxygen atoms in total. The second-order valence-corrected chi connectivity index (χ2v) is 4.93. The maximum Gasteiger partial charge on any atom is 0.0180 e. The van der Waals surface area contributed by atoms with Gasteiger partial charge in [0.1, 0.15) is 0 Å². The van der Waals surface area contributed by atoms with Crippen LogP contribution in [0.15, 0.2) is 41.3 Å². The molecule has 0 saturated heterocycles. The Bertz CT molecular complexity index is 380. The molecule has 2 aliphatic rings. The Hall–Kier alpha value is -1.20. The van der Waals surface area contributed by atoms with Gasteiger partial charge < -0.3 is 5.32 Å². The number of fused-ring (bicyclic) bond motifs is 1. The summed E-state index contributed by atoms with van der Waals surface area (Å²) in [5, 5.41) is 3.41. The van der Waals surface area contributed by atoms with Crippen molar-refractivity contribution >= 4 is 0 Å². The van der Waals surface area contributed by atoms with Crippen molar-refractivity contribution < 1.29 is 0 Å². The molecule has 0 spiro atoms. The Balaban J connectivity index is 2.48. The smallest absolute Gasteiger partial charge is 0.0180 e. The predicted octanol–water partition coefficient (Wildman–Crippen LogP) is 3.42. The number of hydrogen-bond acceptors (Lipinski definition) is 1. The van der Waals surface area contributed by atoms with E-state index in [1.165, 1.54) is 24.1 Å². The molecule has 0 bridgehead atoms. The van der Waals surface area contributed by atoms with Crippen molar-refractivity contribution in [3.63, 3.8) is 0 Å². The van der Waals surface area contributed by atoms with Crippen LogP contribution in [-0.4, -0.2) is 7.05 Å². The summed E-state index contributed by atoms with van der Waals surface area (Å²) in [4.78, 5) is 0. The van der Waals surface area contributed by atoms with E-state index in [9.17, 15) is 0 Å². The molecular weight excluding hydrogens is 194 g/mol. The molecule has 1 heteroatoms. The molecule has 1 N–H and O–H groups in total. The van der Waals surface area contributed by atoms with Gasteiger partial charge in [0.2, 0.25) is 0 Å². The highest BCUT2D eigenvalue weighted by molar-refractivity contribution is 5.35. The first-order chi connectivity index (χ1) is 7.74. The lowest BCUT2D eigenvalue weighted by molar-refractivity contribution is 0.396. The van der Waals surface area contributed by atoms with Crippen molar-refractivity contribution in [2.75, 3.05) is 7.05 Å². The molecule has 16 heavy (non-hydrogen) atoms. The SMILES string of the molecule is CNC1=C2C=C=CC=CC2CCC(C)C1C. The normalized spacial score (nSPS) is 33.3. The highest BCUT2D eigenvalue weighted by Crippen LogP contribution is 2.36. The quantitative estimate of drug-likeness (QED) is 0.661. The Morgan fingerprint density at radius 3 is 2.88 bits per heavy atom. The first kappa shape index (κ1) is 11.3. The summed E-state index contributed by atoms with van der Waals surface area (Å²) in [6, 6.07) is 0. The van der Waals surface area contributed by atoms with E-state index in [1.807, 2.05) is 13.1 Å². The van der Waals surface area contributed by atoms with Gasteiger partial charge in [0.05, 0.1) is 0 Å². The molecule has 3 atom stereocenters. The largest absolute Gasteiger partial charge is 0.391 e. The van der Waals surface area contributed by atoms with Crippen LogP contribution in [0.1, 0.15) is 26.7 Å². The molecular formula is C15H21N. The van der Waals surface area contributed by atoms with Crippen LogP contribution in [0.2, 0.25) is 0 Å². The van der Waals surface area contributed by atoms with E-state index in [0.29, 0.717) is 11.8 Å². The van der Waals surface area contributed by atoms with Crippen LogP contribution in [0.4, 0.5) is 0 Å². The number of allylic oxidation sites excluding steroid dienone is 5. The van der Waals surface area contributed by atoms with E-state index >= 15 is 0 Å². The molecule has 0 aromatic rings. The van der Waals surface area contributed by atoms with Crippen molar-refractivity contribution in [1.82, 2.24) is 5.32 Å². The van der Waals surface area contributed by atoms with Gasteiger partial charge in [-0.2, -0.15) is 0 Å².